The standard InChI is InChI=1S/C24H14ClNO3/c25-19-9-7-16(8-10-19)22-12-11-20(28-22)14-21-24(27)29-23(26-21)18-6-5-15-3-1-2-4-17(15)13-18/h1-14H/b21-14-. The number of cyclic esters (lactones) is 1. The molecule has 1 aliphatic heterocycles. The van der Waals surface area contributed by atoms with E-state index in [9.17, 15) is 4.79 Å². The predicted molar refractivity (Wildman–Crippen MR) is 114 cm³/mol. The van der Waals surface area contributed by atoms with Crippen molar-refractivity contribution >= 4 is 40.3 Å². The lowest BCUT2D eigenvalue weighted by Gasteiger charge is -2.02. The average molecular weight is 400 g/mol. The summed E-state index contributed by atoms with van der Waals surface area (Å²) in [5.41, 5.74) is 1.85. The summed E-state index contributed by atoms with van der Waals surface area (Å²) in [7, 11) is 0. The maximum absolute atomic E-state index is 12.3. The van der Waals surface area contributed by atoms with Crippen molar-refractivity contribution in [2.24, 2.45) is 4.99 Å². The molecular weight excluding hydrogens is 386 g/mol. The predicted octanol–water partition coefficient (Wildman–Crippen LogP) is 6.10. The molecule has 0 radical (unpaired) electrons. The van der Waals surface area contributed by atoms with Gasteiger partial charge < -0.3 is 9.15 Å². The topological polar surface area (TPSA) is 51.8 Å². The van der Waals surface area contributed by atoms with E-state index in [4.69, 9.17) is 20.8 Å². The van der Waals surface area contributed by atoms with Crippen LogP contribution in [0.2, 0.25) is 5.02 Å². The molecule has 4 aromatic rings. The number of benzene rings is 3. The van der Waals surface area contributed by atoms with Crippen LogP contribution in [0, 0.1) is 0 Å². The Morgan fingerprint density at radius 1 is 0.828 bits per heavy atom. The summed E-state index contributed by atoms with van der Waals surface area (Å²) in [5, 5.41) is 2.83. The molecule has 0 spiro atoms. The highest BCUT2D eigenvalue weighted by molar-refractivity contribution is 6.30. The summed E-state index contributed by atoms with van der Waals surface area (Å²) in [6, 6.07) is 24.8. The minimum Gasteiger partial charge on any atom is -0.457 e. The van der Waals surface area contributed by atoms with Crippen molar-refractivity contribution in [1.82, 2.24) is 0 Å². The van der Waals surface area contributed by atoms with Crippen LogP contribution >= 0.6 is 11.6 Å². The number of hydrogen-bond acceptors (Lipinski definition) is 4. The van der Waals surface area contributed by atoms with Crippen molar-refractivity contribution in [3.63, 3.8) is 0 Å². The largest absolute Gasteiger partial charge is 0.457 e. The molecule has 4 nitrogen and oxygen atoms in total. The molecule has 0 unspecified atom stereocenters. The molecule has 29 heavy (non-hydrogen) atoms. The van der Waals surface area contributed by atoms with Crippen molar-refractivity contribution in [1.29, 1.82) is 0 Å². The number of nitrogens with zero attached hydrogens (tertiary/aromatic N) is 1. The van der Waals surface area contributed by atoms with Crippen LogP contribution < -0.4 is 0 Å². The van der Waals surface area contributed by atoms with Gasteiger partial charge in [0.1, 0.15) is 11.5 Å². The normalized spacial score (nSPS) is 15.0. The highest BCUT2D eigenvalue weighted by atomic mass is 35.5. The Kier molecular flexibility index (Phi) is 4.26. The molecule has 3 aromatic carbocycles. The number of rotatable bonds is 3. The molecule has 0 fully saturated rings. The van der Waals surface area contributed by atoms with Crippen molar-refractivity contribution in [3.05, 3.63) is 101 Å². The highest BCUT2D eigenvalue weighted by Gasteiger charge is 2.24. The molecule has 1 aromatic heterocycles. The summed E-state index contributed by atoms with van der Waals surface area (Å²) in [6.07, 6.45) is 1.58. The fourth-order valence-corrected chi connectivity index (χ4v) is 3.32. The van der Waals surface area contributed by atoms with Crippen LogP contribution in [0.15, 0.2) is 94.0 Å². The van der Waals surface area contributed by atoms with E-state index in [0.717, 1.165) is 21.9 Å². The maximum Gasteiger partial charge on any atom is 0.363 e. The first-order valence-electron chi connectivity index (χ1n) is 9.03. The second-order valence-corrected chi connectivity index (χ2v) is 7.04. The number of carbonyl (C=O) groups excluding carboxylic acids is 1. The van der Waals surface area contributed by atoms with Crippen LogP contribution in [0.3, 0.4) is 0 Å². The molecule has 0 atom stereocenters. The average Bonchev–Trinajstić information content (AvgIpc) is 3.35. The Morgan fingerprint density at radius 2 is 1.59 bits per heavy atom. The summed E-state index contributed by atoms with van der Waals surface area (Å²) >= 11 is 5.92. The molecule has 0 bridgehead atoms. The summed E-state index contributed by atoms with van der Waals surface area (Å²) in [6.45, 7) is 0. The van der Waals surface area contributed by atoms with Gasteiger partial charge in [0.25, 0.3) is 0 Å². The van der Waals surface area contributed by atoms with Gasteiger partial charge in [-0.15, -0.1) is 0 Å². The quantitative estimate of drug-likeness (QED) is 0.309. The lowest BCUT2D eigenvalue weighted by atomic mass is 10.1. The summed E-state index contributed by atoms with van der Waals surface area (Å²) < 4.78 is 11.2. The molecule has 5 heteroatoms. The van der Waals surface area contributed by atoms with E-state index in [0.29, 0.717) is 16.5 Å². The molecule has 0 saturated heterocycles. The third-order valence-electron chi connectivity index (χ3n) is 4.65. The van der Waals surface area contributed by atoms with Gasteiger partial charge in [-0.05, 0) is 59.3 Å². The van der Waals surface area contributed by atoms with E-state index in [1.165, 1.54) is 0 Å². The highest BCUT2D eigenvalue weighted by Crippen LogP contribution is 2.27. The molecular formula is C24H14ClNO3. The third kappa shape index (κ3) is 3.46. The Bertz CT molecular complexity index is 1300. The van der Waals surface area contributed by atoms with E-state index >= 15 is 0 Å². The first kappa shape index (κ1) is 17.5. The number of fused-ring (bicyclic) bond motifs is 1. The van der Waals surface area contributed by atoms with E-state index < -0.39 is 5.97 Å². The Hall–Kier alpha value is -3.63. The zero-order valence-electron chi connectivity index (χ0n) is 15.1. The third-order valence-corrected chi connectivity index (χ3v) is 4.90. The number of halogens is 1. The second kappa shape index (κ2) is 7.08. The van der Waals surface area contributed by atoms with Gasteiger partial charge in [-0.25, -0.2) is 9.79 Å². The minimum atomic E-state index is -0.502. The van der Waals surface area contributed by atoms with Crippen molar-refractivity contribution in [2.75, 3.05) is 0 Å². The fraction of sp³-hybridized carbons (Fsp3) is 0. The van der Waals surface area contributed by atoms with Crippen molar-refractivity contribution in [2.45, 2.75) is 0 Å². The molecule has 140 valence electrons. The van der Waals surface area contributed by atoms with Gasteiger partial charge in [0, 0.05) is 22.2 Å². The van der Waals surface area contributed by atoms with Gasteiger partial charge in [0.2, 0.25) is 5.90 Å². The first-order chi connectivity index (χ1) is 14.2. The molecule has 0 amide bonds. The number of esters is 1. The van der Waals surface area contributed by atoms with E-state index in [2.05, 4.69) is 4.99 Å². The van der Waals surface area contributed by atoms with Crippen LogP contribution in [-0.4, -0.2) is 11.9 Å². The Balaban J connectivity index is 1.45. The second-order valence-electron chi connectivity index (χ2n) is 6.61. The molecule has 0 N–H and O–H groups in total. The molecule has 0 saturated carbocycles. The number of hydrogen-bond donors (Lipinski definition) is 0. The zero-order chi connectivity index (χ0) is 19.8. The van der Waals surface area contributed by atoms with Gasteiger partial charge in [-0.1, -0.05) is 41.9 Å². The van der Waals surface area contributed by atoms with Gasteiger partial charge in [-0.3, -0.25) is 0 Å². The number of aliphatic imine (C=N–C) groups is 1. The maximum atomic E-state index is 12.3. The first-order valence-corrected chi connectivity index (χ1v) is 9.41. The van der Waals surface area contributed by atoms with Gasteiger partial charge in [-0.2, -0.15) is 0 Å². The van der Waals surface area contributed by atoms with Crippen LogP contribution in [0.4, 0.5) is 0 Å². The van der Waals surface area contributed by atoms with Crippen LogP contribution in [0.25, 0.3) is 28.2 Å². The molecule has 2 heterocycles. The summed E-state index contributed by atoms with van der Waals surface area (Å²) in [4.78, 5) is 16.6. The van der Waals surface area contributed by atoms with Gasteiger partial charge in [0.05, 0.1) is 0 Å². The van der Waals surface area contributed by atoms with Crippen LogP contribution in [0.1, 0.15) is 11.3 Å². The monoisotopic (exact) mass is 399 g/mol. The number of furan rings is 1. The Morgan fingerprint density at radius 3 is 2.41 bits per heavy atom. The van der Waals surface area contributed by atoms with Gasteiger partial charge >= 0.3 is 5.97 Å². The SMILES string of the molecule is O=C1OC(c2ccc3ccccc3c2)=N/C1=C\c1ccc(-c2ccc(Cl)cc2)o1. The number of carbonyl (C=O) groups is 1. The minimum absolute atomic E-state index is 0.199. The molecule has 1 aliphatic rings. The van der Waals surface area contributed by atoms with Crippen LogP contribution in [-0.2, 0) is 9.53 Å². The smallest absolute Gasteiger partial charge is 0.363 e. The molecule has 5 rings (SSSR count). The fourth-order valence-electron chi connectivity index (χ4n) is 3.19. The lowest BCUT2D eigenvalue weighted by Crippen LogP contribution is -2.05. The van der Waals surface area contributed by atoms with Crippen molar-refractivity contribution in [3.8, 4) is 11.3 Å². The lowest BCUT2D eigenvalue weighted by molar-refractivity contribution is -0.129. The van der Waals surface area contributed by atoms with Gasteiger partial charge in [0.15, 0.2) is 5.70 Å². The zero-order valence-corrected chi connectivity index (χ0v) is 15.9. The molecule has 0 aliphatic carbocycles. The Labute approximate surface area is 171 Å². The van der Waals surface area contributed by atoms with E-state index in [-0.39, 0.29) is 11.6 Å². The van der Waals surface area contributed by atoms with E-state index in [1.54, 1.807) is 24.3 Å². The van der Waals surface area contributed by atoms with E-state index in [1.807, 2.05) is 60.7 Å². The summed E-state index contributed by atoms with van der Waals surface area (Å²) in [5.74, 6) is 0.984. The van der Waals surface area contributed by atoms with Crippen LogP contribution in [0.5, 0.6) is 0 Å². The van der Waals surface area contributed by atoms with Crippen molar-refractivity contribution < 1.29 is 13.9 Å². The number of ether oxygens (including phenoxy) is 1.